The molecule has 3 rings (SSSR count). The van der Waals surface area contributed by atoms with Crippen molar-refractivity contribution in [2.75, 3.05) is 6.61 Å². The second-order valence-corrected chi connectivity index (χ2v) is 9.34. The number of rotatable bonds is 5. The van der Waals surface area contributed by atoms with Gasteiger partial charge in [-0.25, -0.2) is 14.8 Å². The summed E-state index contributed by atoms with van der Waals surface area (Å²) in [6.07, 6.45) is -0.383. The maximum atomic E-state index is 13.5. The van der Waals surface area contributed by atoms with Crippen LogP contribution in [0.1, 0.15) is 53.1 Å². The number of aromatic nitrogens is 3. The first-order valence-electron chi connectivity index (χ1n) is 10.8. The van der Waals surface area contributed by atoms with Crippen molar-refractivity contribution in [3.8, 4) is 0 Å². The Balaban J connectivity index is 2.23. The zero-order valence-electron chi connectivity index (χ0n) is 20.2. The minimum absolute atomic E-state index is 0.139. The van der Waals surface area contributed by atoms with Gasteiger partial charge in [0.05, 0.1) is 5.52 Å². The van der Waals surface area contributed by atoms with Crippen molar-refractivity contribution < 1.29 is 38.1 Å². The summed E-state index contributed by atoms with van der Waals surface area (Å²) in [5, 5.41) is 0.139. The SMILES string of the molecule is CC(=O)OCC1C(OC(C)=O)C(OC(C)=O)C(c2c[nH]c3c(Cl)ncnc23)N1C(=O)OC(C)(C)C. The molecule has 1 saturated heterocycles. The van der Waals surface area contributed by atoms with Crippen molar-refractivity contribution in [1.29, 1.82) is 0 Å². The third kappa shape index (κ3) is 5.81. The van der Waals surface area contributed by atoms with Crippen molar-refractivity contribution in [2.24, 2.45) is 0 Å². The molecule has 35 heavy (non-hydrogen) atoms. The van der Waals surface area contributed by atoms with Crippen LogP contribution >= 0.6 is 11.6 Å². The number of aromatic amines is 1. The number of carbonyl (C=O) groups excluding carboxylic acids is 4. The van der Waals surface area contributed by atoms with Crippen LogP contribution in [-0.4, -0.2) is 74.3 Å². The number of esters is 3. The summed E-state index contributed by atoms with van der Waals surface area (Å²) in [6.45, 7) is 8.27. The lowest BCUT2D eigenvalue weighted by Gasteiger charge is -2.32. The van der Waals surface area contributed by atoms with E-state index in [1.165, 1.54) is 32.0 Å². The molecule has 4 atom stereocenters. The van der Waals surface area contributed by atoms with E-state index < -0.39 is 53.9 Å². The van der Waals surface area contributed by atoms with Crippen molar-refractivity contribution in [3.05, 3.63) is 23.2 Å². The molecule has 0 radical (unpaired) electrons. The minimum Gasteiger partial charge on any atom is -0.464 e. The molecule has 1 N–H and O–H groups in total. The van der Waals surface area contributed by atoms with Gasteiger partial charge in [0.1, 0.15) is 36.1 Å². The summed E-state index contributed by atoms with van der Waals surface area (Å²) in [5.41, 5.74) is 0.261. The molecule has 1 aliphatic rings. The van der Waals surface area contributed by atoms with E-state index in [9.17, 15) is 19.2 Å². The standard InChI is InChI=1S/C22H27ClN4O8/c1-10(28)32-8-14-18(33-11(2)29)19(34-12(3)30)17(27(14)21(31)35-22(4,5)6)13-7-24-16-15(13)25-9-26-20(16)23/h7,9,14,17-19,24H,8H2,1-6H3. The predicted octanol–water partition coefficient (Wildman–Crippen LogP) is 2.70. The van der Waals surface area contributed by atoms with E-state index in [-0.39, 0.29) is 11.8 Å². The van der Waals surface area contributed by atoms with Crippen molar-refractivity contribution in [1.82, 2.24) is 19.9 Å². The smallest absolute Gasteiger partial charge is 0.411 e. The molecule has 0 saturated carbocycles. The maximum absolute atomic E-state index is 13.5. The molecule has 0 aromatic carbocycles. The van der Waals surface area contributed by atoms with Gasteiger partial charge in [-0.3, -0.25) is 19.3 Å². The van der Waals surface area contributed by atoms with Crippen LogP contribution in [0.3, 0.4) is 0 Å². The van der Waals surface area contributed by atoms with Crippen molar-refractivity contribution in [2.45, 2.75) is 71.4 Å². The first-order valence-corrected chi connectivity index (χ1v) is 11.1. The van der Waals surface area contributed by atoms with Gasteiger partial charge in [0.15, 0.2) is 17.4 Å². The highest BCUT2D eigenvalue weighted by Gasteiger charge is 2.57. The number of amides is 1. The van der Waals surface area contributed by atoms with Crippen LogP contribution in [0.4, 0.5) is 4.79 Å². The fourth-order valence-corrected chi connectivity index (χ4v) is 4.19. The Kier molecular flexibility index (Phi) is 7.53. The average molecular weight is 511 g/mol. The summed E-state index contributed by atoms with van der Waals surface area (Å²) in [6, 6.07) is -2.09. The van der Waals surface area contributed by atoms with E-state index in [0.717, 1.165) is 0 Å². The lowest BCUT2D eigenvalue weighted by atomic mass is 10.0. The minimum atomic E-state index is -1.18. The summed E-state index contributed by atoms with van der Waals surface area (Å²) in [7, 11) is 0. The highest BCUT2D eigenvalue weighted by atomic mass is 35.5. The summed E-state index contributed by atoms with van der Waals surface area (Å²) < 4.78 is 21.9. The van der Waals surface area contributed by atoms with Gasteiger partial charge in [-0.2, -0.15) is 0 Å². The van der Waals surface area contributed by atoms with Gasteiger partial charge in [0.25, 0.3) is 0 Å². The molecule has 3 heterocycles. The van der Waals surface area contributed by atoms with Crippen LogP contribution in [0.15, 0.2) is 12.5 Å². The third-order valence-electron chi connectivity index (χ3n) is 5.10. The Hall–Kier alpha value is -3.41. The molecule has 2 aromatic heterocycles. The largest absolute Gasteiger partial charge is 0.464 e. The number of nitrogens with zero attached hydrogens (tertiary/aromatic N) is 3. The lowest BCUT2D eigenvalue weighted by molar-refractivity contribution is -0.165. The first-order chi connectivity index (χ1) is 16.3. The number of H-pyrrole nitrogens is 1. The second-order valence-electron chi connectivity index (χ2n) is 8.98. The van der Waals surface area contributed by atoms with E-state index in [0.29, 0.717) is 16.6 Å². The Morgan fingerprint density at radius 2 is 1.66 bits per heavy atom. The molecule has 0 bridgehead atoms. The van der Waals surface area contributed by atoms with E-state index in [2.05, 4.69) is 15.0 Å². The van der Waals surface area contributed by atoms with Crippen LogP contribution in [0.25, 0.3) is 11.0 Å². The van der Waals surface area contributed by atoms with Gasteiger partial charge in [0.2, 0.25) is 0 Å². The van der Waals surface area contributed by atoms with E-state index in [4.69, 9.17) is 30.5 Å². The van der Waals surface area contributed by atoms with Crippen LogP contribution in [0.5, 0.6) is 0 Å². The Labute approximate surface area is 206 Å². The van der Waals surface area contributed by atoms with E-state index in [1.807, 2.05) is 0 Å². The number of halogens is 1. The average Bonchev–Trinajstić information content (AvgIpc) is 3.25. The molecule has 190 valence electrons. The van der Waals surface area contributed by atoms with Crippen molar-refractivity contribution in [3.63, 3.8) is 0 Å². The zero-order chi connectivity index (χ0) is 26.1. The fourth-order valence-electron chi connectivity index (χ4n) is 4.00. The van der Waals surface area contributed by atoms with Crippen molar-refractivity contribution >= 4 is 46.6 Å². The number of carbonyl (C=O) groups is 4. The molecule has 12 nitrogen and oxygen atoms in total. The maximum Gasteiger partial charge on any atom is 0.411 e. The van der Waals surface area contributed by atoms with Gasteiger partial charge < -0.3 is 23.9 Å². The normalized spacial score (nSPS) is 22.1. The predicted molar refractivity (Wildman–Crippen MR) is 121 cm³/mol. The van der Waals surface area contributed by atoms with Gasteiger partial charge >= 0.3 is 24.0 Å². The van der Waals surface area contributed by atoms with Gasteiger partial charge in [-0.1, -0.05) is 11.6 Å². The van der Waals surface area contributed by atoms with Crippen LogP contribution < -0.4 is 0 Å². The summed E-state index contributed by atoms with van der Waals surface area (Å²) in [4.78, 5) is 61.7. The molecule has 0 aliphatic carbocycles. The Bertz CT molecular complexity index is 1140. The molecule has 1 aliphatic heterocycles. The number of ether oxygens (including phenoxy) is 4. The number of nitrogens with one attached hydrogen (secondary N) is 1. The van der Waals surface area contributed by atoms with Gasteiger partial charge in [-0.05, 0) is 20.8 Å². The number of fused-ring (bicyclic) bond motifs is 1. The molecule has 1 amide bonds. The molecule has 13 heteroatoms. The van der Waals surface area contributed by atoms with Gasteiger partial charge in [0, 0.05) is 32.5 Å². The number of hydrogen-bond donors (Lipinski definition) is 1. The molecule has 0 spiro atoms. The molecule has 1 fully saturated rings. The third-order valence-corrected chi connectivity index (χ3v) is 5.39. The summed E-state index contributed by atoms with van der Waals surface area (Å²) in [5.74, 6) is -1.98. The Morgan fingerprint density at radius 3 is 2.23 bits per heavy atom. The summed E-state index contributed by atoms with van der Waals surface area (Å²) >= 11 is 6.19. The molecular weight excluding hydrogens is 484 g/mol. The molecule has 2 aromatic rings. The first kappa shape index (κ1) is 26.2. The topological polar surface area (TPSA) is 150 Å². The fraction of sp³-hybridized carbons (Fsp3) is 0.545. The highest BCUT2D eigenvalue weighted by Crippen LogP contribution is 2.43. The lowest BCUT2D eigenvalue weighted by Crippen LogP contribution is -2.47. The zero-order valence-corrected chi connectivity index (χ0v) is 20.9. The van der Waals surface area contributed by atoms with Crippen LogP contribution in [-0.2, 0) is 33.3 Å². The highest BCUT2D eigenvalue weighted by molar-refractivity contribution is 6.33. The Morgan fingerprint density at radius 1 is 1.03 bits per heavy atom. The molecular formula is C22H27ClN4O8. The number of likely N-dealkylation sites (tertiary alicyclic amines) is 1. The second kappa shape index (κ2) is 10.1. The molecule has 4 unspecified atom stereocenters. The van der Waals surface area contributed by atoms with Crippen LogP contribution in [0.2, 0.25) is 5.15 Å². The van der Waals surface area contributed by atoms with Gasteiger partial charge in [-0.15, -0.1) is 0 Å². The quantitative estimate of drug-likeness (QED) is 0.361. The van der Waals surface area contributed by atoms with Crippen LogP contribution in [0, 0.1) is 0 Å². The monoisotopic (exact) mass is 510 g/mol. The number of hydrogen-bond acceptors (Lipinski definition) is 10. The van der Waals surface area contributed by atoms with E-state index >= 15 is 0 Å². The van der Waals surface area contributed by atoms with E-state index in [1.54, 1.807) is 27.0 Å².